The van der Waals surface area contributed by atoms with E-state index in [0.717, 1.165) is 27.9 Å². The molecule has 5 heteroatoms. The normalized spacial score (nSPS) is 12.9. The maximum atomic E-state index is 10.2. The minimum Gasteiger partial charge on any atom is -0.504 e. The van der Waals surface area contributed by atoms with Crippen LogP contribution < -0.4 is 4.57 Å². The molecule has 116 valence electrons. The molecule has 0 saturated carbocycles. The van der Waals surface area contributed by atoms with Crippen LogP contribution in [0.2, 0.25) is 0 Å². The largest absolute Gasteiger partial charge is 0.504 e. The first-order chi connectivity index (χ1) is 11.0. The third kappa shape index (κ3) is 1.83. The average Bonchev–Trinajstić information content (AvgIpc) is 2.52. The zero-order valence-electron chi connectivity index (χ0n) is 12.5. The summed E-state index contributed by atoms with van der Waals surface area (Å²) in [5, 5.41) is 40.9. The minimum atomic E-state index is -0.150. The summed E-state index contributed by atoms with van der Waals surface area (Å²) < 4.78 is 2.06. The monoisotopic (exact) mass is 310 g/mol. The number of hydrogen-bond donors (Lipinski definition) is 4. The number of benzene rings is 2. The van der Waals surface area contributed by atoms with Crippen molar-refractivity contribution < 1.29 is 25.0 Å². The molecule has 0 radical (unpaired) electrons. The van der Waals surface area contributed by atoms with E-state index in [4.69, 9.17) is 0 Å². The highest BCUT2D eigenvalue weighted by molar-refractivity contribution is 5.93. The van der Waals surface area contributed by atoms with E-state index >= 15 is 0 Å². The molecule has 2 heterocycles. The maximum absolute atomic E-state index is 10.2. The number of phenolic OH excluding ortho intramolecular Hbond substituents is 4. The molecular weight excluding hydrogens is 294 g/mol. The summed E-state index contributed by atoms with van der Waals surface area (Å²) in [6.07, 6.45) is 0.715. The first-order valence-electron chi connectivity index (χ1n) is 7.40. The van der Waals surface area contributed by atoms with Crippen molar-refractivity contribution >= 4 is 10.8 Å². The quantitative estimate of drug-likeness (QED) is 0.380. The van der Waals surface area contributed by atoms with E-state index in [0.29, 0.717) is 18.4 Å². The van der Waals surface area contributed by atoms with E-state index < -0.39 is 0 Å². The third-order valence-electron chi connectivity index (χ3n) is 4.62. The molecule has 1 aliphatic rings. The molecule has 0 amide bonds. The van der Waals surface area contributed by atoms with Gasteiger partial charge in [-0.05, 0) is 35.2 Å². The van der Waals surface area contributed by atoms with E-state index in [9.17, 15) is 20.4 Å². The molecule has 0 atom stereocenters. The Bertz CT molecular complexity index is 979. The number of fused-ring (bicyclic) bond motifs is 4. The van der Waals surface area contributed by atoms with Crippen molar-refractivity contribution in [2.75, 3.05) is 0 Å². The van der Waals surface area contributed by atoms with Crippen LogP contribution in [-0.4, -0.2) is 20.4 Å². The Hall–Kier alpha value is -2.95. The van der Waals surface area contributed by atoms with Crippen LogP contribution in [0.25, 0.3) is 22.0 Å². The van der Waals surface area contributed by atoms with Gasteiger partial charge in [-0.2, -0.15) is 4.57 Å². The summed E-state index contributed by atoms with van der Waals surface area (Å²) in [5.41, 5.74) is 3.60. The fraction of sp³-hybridized carbons (Fsp3) is 0.167. The summed E-state index contributed by atoms with van der Waals surface area (Å²) >= 11 is 0. The van der Waals surface area contributed by atoms with Crippen LogP contribution in [0.1, 0.15) is 11.3 Å². The lowest BCUT2D eigenvalue weighted by molar-refractivity contribution is -0.692. The molecule has 1 aliphatic heterocycles. The van der Waals surface area contributed by atoms with Crippen LogP contribution in [0.15, 0.2) is 30.3 Å². The van der Waals surface area contributed by atoms with Crippen LogP contribution in [0.4, 0.5) is 0 Å². The van der Waals surface area contributed by atoms with Crippen molar-refractivity contribution in [1.82, 2.24) is 0 Å². The van der Waals surface area contributed by atoms with Gasteiger partial charge in [0.05, 0.1) is 10.9 Å². The fourth-order valence-corrected chi connectivity index (χ4v) is 3.45. The van der Waals surface area contributed by atoms with Crippen molar-refractivity contribution in [3.8, 4) is 34.3 Å². The van der Waals surface area contributed by atoms with Gasteiger partial charge in [0.15, 0.2) is 35.2 Å². The number of phenols is 4. The molecule has 2 aromatic carbocycles. The van der Waals surface area contributed by atoms with Gasteiger partial charge in [0, 0.05) is 19.4 Å². The van der Waals surface area contributed by atoms with E-state index in [1.54, 1.807) is 18.2 Å². The second kappa shape index (κ2) is 4.52. The average molecular weight is 310 g/mol. The van der Waals surface area contributed by atoms with Crippen molar-refractivity contribution in [1.29, 1.82) is 0 Å². The van der Waals surface area contributed by atoms with Gasteiger partial charge < -0.3 is 20.4 Å². The van der Waals surface area contributed by atoms with Crippen molar-refractivity contribution in [3.63, 3.8) is 0 Å². The Kier molecular flexibility index (Phi) is 2.69. The summed E-state index contributed by atoms with van der Waals surface area (Å²) in [5.74, 6) is -0.518. The van der Waals surface area contributed by atoms with Gasteiger partial charge in [0.2, 0.25) is 5.69 Å². The molecule has 1 aromatic heterocycles. The second-order valence-corrected chi connectivity index (χ2v) is 5.91. The van der Waals surface area contributed by atoms with Crippen molar-refractivity contribution in [2.45, 2.75) is 19.9 Å². The van der Waals surface area contributed by atoms with Gasteiger partial charge in [-0.1, -0.05) is 0 Å². The lowest BCUT2D eigenvalue weighted by Crippen LogP contribution is -2.43. The van der Waals surface area contributed by atoms with Crippen LogP contribution in [0.3, 0.4) is 0 Å². The van der Waals surface area contributed by atoms with E-state index in [1.807, 2.05) is 13.0 Å². The van der Waals surface area contributed by atoms with Crippen molar-refractivity contribution in [3.05, 3.63) is 41.6 Å². The highest BCUT2D eigenvalue weighted by atomic mass is 16.3. The van der Waals surface area contributed by atoms with Crippen LogP contribution in [-0.2, 0) is 13.0 Å². The molecule has 5 nitrogen and oxygen atoms in total. The second-order valence-electron chi connectivity index (χ2n) is 5.91. The van der Waals surface area contributed by atoms with Crippen LogP contribution >= 0.6 is 0 Å². The third-order valence-corrected chi connectivity index (χ3v) is 4.62. The molecule has 4 rings (SSSR count). The van der Waals surface area contributed by atoms with Gasteiger partial charge in [0.1, 0.15) is 0 Å². The molecule has 0 fully saturated rings. The van der Waals surface area contributed by atoms with Crippen LogP contribution in [0.5, 0.6) is 23.0 Å². The lowest BCUT2D eigenvalue weighted by Gasteiger charge is -2.18. The highest BCUT2D eigenvalue weighted by Crippen LogP contribution is 2.39. The maximum Gasteiger partial charge on any atom is 0.213 e. The zero-order valence-corrected chi connectivity index (χ0v) is 12.5. The van der Waals surface area contributed by atoms with Gasteiger partial charge in [-0.25, -0.2) is 0 Å². The Morgan fingerprint density at radius 3 is 2.43 bits per heavy atom. The number of hydrogen-bond acceptors (Lipinski definition) is 4. The van der Waals surface area contributed by atoms with Gasteiger partial charge in [-0.15, -0.1) is 0 Å². The predicted molar refractivity (Wildman–Crippen MR) is 84.7 cm³/mol. The molecule has 0 spiro atoms. The number of rotatable bonds is 0. The molecule has 0 aliphatic carbocycles. The Morgan fingerprint density at radius 1 is 0.913 bits per heavy atom. The molecule has 23 heavy (non-hydrogen) atoms. The van der Waals surface area contributed by atoms with E-state index in [1.165, 1.54) is 6.07 Å². The first kappa shape index (κ1) is 13.7. The van der Waals surface area contributed by atoms with Gasteiger partial charge in [-0.3, -0.25) is 0 Å². The number of pyridine rings is 1. The summed E-state index contributed by atoms with van der Waals surface area (Å²) in [6.45, 7) is 2.60. The Balaban J connectivity index is 2.09. The predicted octanol–water partition coefficient (Wildman–Crippen LogP) is 2.48. The fourth-order valence-electron chi connectivity index (χ4n) is 3.45. The first-order valence-corrected chi connectivity index (χ1v) is 7.40. The topological polar surface area (TPSA) is 84.8 Å². The molecule has 0 bridgehead atoms. The summed E-state index contributed by atoms with van der Waals surface area (Å²) in [6, 6.07) is 8.32. The molecular formula is C18H16NO4+. The van der Waals surface area contributed by atoms with Crippen molar-refractivity contribution in [2.24, 2.45) is 0 Å². The van der Waals surface area contributed by atoms with E-state index in [2.05, 4.69) is 4.57 Å². The summed E-state index contributed by atoms with van der Waals surface area (Å²) in [7, 11) is 0. The summed E-state index contributed by atoms with van der Waals surface area (Å²) in [4.78, 5) is 0. The zero-order chi connectivity index (χ0) is 16.3. The molecule has 0 saturated heterocycles. The molecule has 4 N–H and O–H groups in total. The molecule has 0 unspecified atom stereocenters. The number of aromatic nitrogens is 1. The lowest BCUT2D eigenvalue weighted by atomic mass is 9.94. The molecule has 3 aromatic rings. The highest BCUT2D eigenvalue weighted by Gasteiger charge is 2.29. The van der Waals surface area contributed by atoms with Gasteiger partial charge in [0.25, 0.3) is 0 Å². The standard InChI is InChI=1S/C18H15NO4/c1-9-17-11(2-3-14(20)18(17)23)6-13-12-8-16(22)15(21)7-10(12)4-5-19(9)13/h2-3,6-8H,4-5H2,1H3,(H3,20,21,22,23)/p+1. The smallest absolute Gasteiger partial charge is 0.213 e. The van der Waals surface area contributed by atoms with Gasteiger partial charge >= 0.3 is 0 Å². The van der Waals surface area contributed by atoms with E-state index in [-0.39, 0.29) is 23.0 Å². The number of aryl methyl sites for hydroxylation is 2. The van der Waals surface area contributed by atoms with Crippen LogP contribution in [0, 0.1) is 6.92 Å². The minimum absolute atomic E-state index is 0.114. The SMILES string of the molecule is Cc1c2c(O)c(O)ccc2cc2[n+]1CCc1cc(O)c(O)cc1-2. The Morgan fingerprint density at radius 2 is 1.65 bits per heavy atom. The Labute approximate surface area is 132 Å². The number of aromatic hydroxyl groups is 4. The number of nitrogens with zero attached hydrogens (tertiary/aromatic N) is 1.